The predicted molar refractivity (Wildman–Crippen MR) is 71.4 cm³/mol. The van der Waals surface area contributed by atoms with Gasteiger partial charge < -0.3 is 15.2 Å². The minimum Gasteiger partial charge on any atom is -0.492 e. The van der Waals surface area contributed by atoms with E-state index < -0.39 is 0 Å². The van der Waals surface area contributed by atoms with Crippen LogP contribution in [0.5, 0.6) is 5.75 Å². The molecule has 0 radical (unpaired) electrons. The number of aryl methyl sites for hydroxylation is 1. The van der Waals surface area contributed by atoms with Crippen molar-refractivity contribution in [2.24, 2.45) is 5.73 Å². The smallest absolute Gasteiger partial charge is 0.338 e. The highest BCUT2D eigenvalue weighted by Gasteiger charge is 2.39. The molecule has 5 heteroatoms. The molecule has 0 atom stereocenters. The lowest BCUT2D eigenvalue weighted by Gasteiger charge is -2.12. The second-order valence-electron chi connectivity index (χ2n) is 4.62. The first-order chi connectivity index (χ1) is 8.04. The quantitative estimate of drug-likeness (QED) is 0.852. The Morgan fingerprint density at radius 1 is 1.44 bits per heavy atom. The highest BCUT2D eigenvalue weighted by atomic mass is 35.5. The van der Waals surface area contributed by atoms with Crippen LogP contribution >= 0.6 is 12.4 Å². The van der Waals surface area contributed by atoms with Crippen LogP contribution in [-0.4, -0.2) is 25.2 Å². The first-order valence-electron chi connectivity index (χ1n) is 5.65. The summed E-state index contributed by atoms with van der Waals surface area (Å²) in [6.07, 6.45) is 2.01. The molecular formula is C13H18ClNO3. The standard InChI is InChI=1S/C13H17NO3.ClH/c1-9-3-4-10(7-11(9)12(15)16-2)17-8-13(14)5-6-13;/h3-4,7H,5-6,8,14H2,1-2H3;1H. The molecule has 0 spiro atoms. The lowest BCUT2D eigenvalue weighted by Crippen LogP contribution is -2.29. The average Bonchev–Trinajstić information content (AvgIpc) is 3.06. The number of benzene rings is 1. The Balaban J connectivity index is 0.00000162. The van der Waals surface area contributed by atoms with Gasteiger partial charge in [0, 0.05) is 0 Å². The first-order valence-corrected chi connectivity index (χ1v) is 5.65. The molecule has 1 fully saturated rings. The minimum absolute atomic E-state index is 0. The van der Waals surface area contributed by atoms with E-state index in [1.807, 2.05) is 19.1 Å². The van der Waals surface area contributed by atoms with Crippen LogP contribution in [0.25, 0.3) is 0 Å². The van der Waals surface area contributed by atoms with Gasteiger partial charge in [0.15, 0.2) is 0 Å². The second-order valence-corrected chi connectivity index (χ2v) is 4.62. The van der Waals surface area contributed by atoms with Crippen molar-refractivity contribution in [1.82, 2.24) is 0 Å². The molecule has 4 nitrogen and oxygen atoms in total. The van der Waals surface area contributed by atoms with E-state index in [2.05, 4.69) is 0 Å². The van der Waals surface area contributed by atoms with Gasteiger partial charge in [-0.05, 0) is 37.5 Å². The van der Waals surface area contributed by atoms with E-state index in [1.54, 1.807) is 6.07 Å². The van der Waals surface area contributed by atoms with Crippen molar-refractivity contribution in [1.29, 1.82) is 0 Å². The maximum absolute atomic E-state index is 11.5. The molecule has 0 amide bonds. The summed E-state index contributed by atoms with van der Waals surface area (Å²) in [5.74, 6) is 0.314. The predicted octanol–water partition coefficient (Wildman–Crippen LogP) is 2.07. The van der Waals surface area contributed by atoms with Gasteiger partial charge in [-0.15, -0.1) is 12.4 Å². The fourth-order valence-corrected chi connectivity index (χ4v) is 1.55. The zero-order valence-electron chi connectivity index (χ0n) is 10.6. The molecule has 0 bridgehead atoms. The van der Waals surface area contributed by atoms with E-state index in [0.717, 1.165) is 18.4 Å². The van der Waals surface area contributed by atoms with Crippen molar-refractivity contribution in [2.45, 2.75) is 25.3 Å². The van der Waals surface area contributed by atoms with Crippen molar-refractivity contribution in [3.05, 3.63) is 29.3 Å². The number of nitrogens with two attached hydrogens (primary N) is 1. The summed E-state index contributed by atoms with van der Waals surface area (Å²) in [7, 11) is 1.37. The molecule has 1 aliphatic carbocycles. The van der Waals surface area contributed by atoms with Crippen LogP contribution in [0.1, 0.15) is 28.8 Å². The molecule has 2 rings (SSSR count). The highest BCUT2D eigenvalue weighted by Crippen LogP contribution is 2.32. The van der Waals surface area contributed by atoms with Crippen LogP contribution < -0.4 is 10.5 Å². The molecule has 1 saturated carbocycles. The number of halogens is 1. The SMILES string of the molecule is COC(=O)c1cc(OCC2(N)CC2)ccc1C.Cl. The summed E-state index contributed by atoms with van der Waals surface area (Å²) in [6, 6.07) is 5.39. The van der Waals surface area contributed by atoms with Crippen molar-refractivity contribution >= 4 is 18.4 Å². The van der Waals surface area contributed by atoms with E-state index in [9.17, 15) is 4.79 Å². The minimum atomic E-state index is -0.346. The van der Waals surface area contributed by atoms with Gasteiger partial charge >= 0.3 is 5.97 Å². The summed E-state index contributed by atoms with van der Waals surface area (Å²) in [5.41, 5.74) is 7.18. The number of esters is 1. The molecular weight excluding hydrogens is 254 g/mol. The van der Waals surface area contributed by atoms with Gasteiger partial charge in [0.25, 0.3) is 0 Å². The van der Waals surface area contributed by atoms with Crippen LogP contribution in [0.15, 0.2) is 18.2 Å². The Kier molecular flexibility index (Phi) is 4.59. The van der Waals surface area contributed by atoms with Gasteiger partial charge in [0.05, 0.1) is 18.2 Å². The molecule has 0 heterocycles. The Hall–Kier alpha value is -1.26. The Morgan fingerprint density at radius 2 is 2.11 bits per heavy atom. The molecule has 1 aromatic rings. The summed E-state index contributed by atoms with van der Waals surface area (Å²) >= 11 is 0. The molecule has 2 N–H and O–H groups in total. The number of hydrogen-bond donors (Lipinski definition) is 1. The molecule has 1 aromatic carbocycles. The zero-order valence-corrected chi connectivity index (χ0v) is 11.4. The maximum Gasteiger partial charge on any atom is 0.338 e. The normalized spacial score (nSPS) is 15.5. The molecule has 0 aromatic heterocycles. The van der Waals surface area contributed by atoms with Crippen LogP contribution in [-0.2, 0) is 4.74 Å². The van der Waals surface area contributed by atoms with Crippen LogP contribution in [0.2, 0.25) is 0 Å². The van der Waals surface area contributed by atoms with E-state index >= 15 is 0 Å². The summed E-state index contributed by atoms with van der Waals surface area (Å²) < 4.78 is 10.3. The third-order valence-electron chi connectivity index (χ3n) is 3.03. The van der Waals surface area contributed by atoms with Crippen LogP contribution in [0.4, 0.5) is 0 Å². The molecule has 0 unspecified atom stereocenters. The molecule has 18 heavy (non-hydrogen) atoms. The number of methoxy groups -OCH3 is 1. The van der Waals surface area contributed by atoms with Crippen molar-refractivity contribution in [2.75, 3.05) is 13.7 Å². The third kappa shape index (κ3) is 3.37. The monoisotopic (exact) mass is 271 g/mol. The lowest BCUT2D eigenvalue weighted by atomic mass is 10.1. The molecule has 100 valence electrons. The fraction of sp³-hybridized carbons (Fsp3) is 0.462. The lowest BCUT2D eigenvalue weighted by molar-refractivity contribution is 0.0599. The van der Waals surface area contributed by atoms with E-state index in [-0.39, 0.29) is 23.9 Å². The van der Waals surface area contributed by atoms with Gasteiger partial charge in [-0.25, -0.2) is 4.79 Å². The third-order valence-corrected chi connectivity index (χ3v) is 3.03. The van der Waals surface area contributed by atoms with E-state index in [1.165, 1.54) is 7.11 Å². The Morgan fingerprint density at radius 3 is 2.67 bits per heavy atom. The first kappa shape index (κ1) is 14.8. The zero-order chi connectivity index (χ0) is 12.5. The van der Waals surface area contributed by atoms with Crippen LogP contribution in [0.3, 0.4) is 0 Å². The van der Waals surface area contributed by atoms with E-state index in [0.29, 0.717) is 17.9 Å². The Bertz CT molecular complexity index is 444. The number of carbonyl (C=O) groups is 1. The number of ether oxygens (including phenoxy) is 2. The van der Waals surface area contributed by atoms with Gasteiger partial charge in [-0.1, -0.05) is 6.07 Å². The Labute approximate surface area is 113 Å². The maximum atomic E-state index is 11.5. The van der Waals surface area contributed by atoms with Crippen molar-refractivity contribution in [3.63, 3.8) is 0 Å². The van der Waals surface area contributed by atoms with Gasteiger partial charge in [0.1, 0.15) is 12.4 Å². The van der Waals surface area contributed by atoms with Crippen LogP contribution in [0, 0.1) is 6.92 Å². The summed E-state index contributed by atoms with van der Waals surface area (Å²) in [5, 5.41) is 0. The number of carbonyl (C=O) groups excluding carboxylic acids is 1. The summed E-state index contributed by atoms with van der Waals surface area (Å²) in [4.78, 5) is 11.5. The number of hydrogen-bond acceptors (Lipinski definition) is 4. The molecule has 1 aliphatic rings. The summed E-state index contributed by atoms with van der Waals surface area (Å²) in [6.45, 7) is 2.36. The van der Waals surface area contributed by atoms with Crippen molar-refractivity contribution < 1.29 is 14.3 Å². The largest absolute Gasteiger partial charge is 0.492 e. The van der Waals surface area contributed by atoms with Gasteiger partial charge in [0.2, 0.25) is 0 Å². The number of rotatable bonds is 4. The van der Waals surface area contributed by atoms with Gasteiger partial charge in [-0.2, -0.15) is 0 Å². The van der Waals surface area contributed by atoms with Gasteiger partial charge in [-0.3, -0.25) is 0 Å². The second kappa shape index (κ2) is 5.59. The topological polar surface area (TPSA) is 61.5 Å². The van der Waals surface area contributed by atoms with E-state index in [4.69, 9.17) is 15.2 Å². The fourth-order valence-electron chi connectivity index (χ4n) is 1.55. The van der Waals surface area contributed by atoms with Crippen molar-refractivity contribution in [3.8, 4) is 5.75 Å². The highest BCUT2D eigenvalue weighted by molar-refractivity contribution is 5.91. The molecule has 0 aliphatic heterocycles. The average molecular weight is 272 g/mol. The molecule has 0 saturated heterocycles.